The molecule has 0 aliphatic heterocycles. The molecule has 0 amide bonds. The molecule has 8 nitrogen and oxygen atoms in total. The molecule has 0 unspecified atom stereocenters. The first-order valence-electron chi connectivity index (χ1n) is 25.3. The summed E-state index contributed by atoms with van der Waals surface area (Å²) in [5.74, 6) is 1.05. The van der Waals surface area contributed by atoms with Gasteiger partial charge in [0.25, 0.3) is 0 Å². The highest BCUT2D eigenvalue weighted by atomic mass is 16.3. The summed E-state index contributed by atoms with van der Waals surface area (Å²) in [5.41, 5.74) is 9.65. The number of aliphatic imine (C=N–C) groups is 4. The molecule has 2 aliphatic rings. The van der Waals surface area contributed by atoms with Gasteiger partial charge < -0.3 is 20.4 Å². The Hall–Kier alpha value is -5.24. The molecular formula is C60H82N4O4. The highest BCUT2D eigenvalue weighted by Gasteiger charge is 2.29. The lowest BCUT2D eigenvalue weighted by Gasteiger charge is -2.27. The number of phenolic OH excluding ortho intramolecular Hbond substituents is 4. The van der Waals surface area contributed by atoms with E-state index < -0.39 is 0 Å². The van der Waals surface area contributed by atoms with Gasteiger partial charge in [0.15, 0.2) is 0 Å². The van der Waals surface area contributed by atoms with Crippen LogP contribution in [0.2, 0.25) is 0 Å². The molecule has 4 N–H and O–H groups in total. The average molecular weight is 923 g/mol. The molecule has 68 heavy (non-hydrogen) atoms. The number of benzene rings is 4. The van der Waals surface area contributed by atoms with Crippen molar-refractivity contribution in [3.8, 4) is 23.0 Å². The Kier molecular flexibility index (Phi) is 15.9. The first-order chi connectivity index (χ1) is 31.7. The third kappa shape index (κ3) is 12.7. The van der Waals surface area contributed by atoms with Gasteiger partial charge in [0.1, 0.15) is 23.0 Å². The summed E-state index contributed by atoms with van der Waals surface area (Å²) in [6.45, 7) is 29.6. The fraction of sp³-hybridized carbons (Fsp3) is 0.533. The third-order valence-electron chi connectivity index (χ3n) is 13.9. The molecule has 0 saturated heterocycles. The molecule has 4 aromatic rings. The van der Waals surface area contributed by atoms with Crippen molar-refractivity contribution >= 4 is 24.9 Å². The summed E-state index contributed by atoms with van der Waals surface area (Å²) in [4.78, 5) is 20.4. The van der Waals surface area contributed by atoms with Gasteiger partial charge in [0.2, 0.25) is 0 Å². The molecule has 4 aromatic carbocycles. The van der Waals surface area contributed by atoms with Gasteiger partial charge in [-0.2, -0.15) is 0 Å². The molecule has 2 aliphatic carbocycles. The van der Waals surface area contributed by atoms with Gasteiger partial charge in [-0.15, -0.1) is 0 Å². The standard InChI is InChI=1S/C60H82N4O4/c1-15-38-27-42(54(66)46(30-38)58(6,7)8)34-62-51-22-18-19-23-52(51)64-36-44-29-40(32-48(56(44)68)60(12,13)14)26-39-28-43(55(67)47(31-39)59(9,10)11)35-63-50-21-17-16-20-49(50)61-33-41-24-37(2)25-45(53(41)65)57(3,4)5/h24-25,27-36,49-52,65-68H,15-23,26H2,1-14H3/t49-,50-,51-,52-/m1/s1. The van der Waals surface area contributed by atoms with Crippen molar-refractivity contribution in [2.24, 2.45) is 20.0 Å². The highest BCUT2D eigenvalue weighted by molar-refractivity contribution is 5.88. The van der Waals surface area contributed by atoms with Crippen LogP contribution in [0, 0.1) is 6.92 Å². The summed E-state index contributed by atoms with van der Waals surface area (Å²) < 4.78 is 0. The van der Waals surface area contributed by atoms with Crippen LogP contribution in [0.15, 0.2) is 68.5 Å². The van der Waals surface area contributed by atoms with E-state index in [2.05, 4.69) is 133 Å². The number of nitrogens with zero attached hydrogens (tertiary/aromatic N) is 4. The number of hydrogen-bond donors (Lipinski definition) is 4. The van der Waals surface area contributed by atoms with Gasteiger partial charge >= 0.3 is 0 Å². The smallest absolute Gasteiger partial charge is 0.128 e. The average Bonchev–Trinajstić information content (AvgIpc) is 3.25. The van der Waals surface area contributed by atoms with E-state index in [1.54, 1.807) is 0 Å². The van der Waals surface area contributed by atoms with E-state index in [4.69, 9.17) is 20.0 Å². The summed E-state index contributed by atoms with van der Waals surface area (Å²) in [5, 5.41) is 46.2. The van der Waals surface area contributed by atoms with Crippen molar-refractivity contribution in [2.75, 3.05) is 0 Å². The summed E-state index contributed by atoms with van der Waals surface area (Å²) >= 11 is 0. The van der Waals surface area contributed by atoms with Crippen LogP contribution in [-0.4, -0.2) is 69.5 Å². The first kappa shape index (κ1) is 52.1. The molecule has 0 aromatic heterocycles. The Morgan fingerprint density at radius 3 is 0.971 bits per heavy atom. The van der Waals surface area contributed by atoms with Crippen LogP contribution < -0.4 is 0 Å². The number of aryl methyl sites for hydroxylation is 2. The molecule has 8 heteroatoms. The molecule has 6 rings (SSSR count). The van der Waals surface area contributed by atoms with Gasteiger partial charge in [0.05, 0.1) is 24.2 Å². The molecular weight excluding hydrogens is 841 g/mol. The fourth-order valence-corrected chi connectivity index (χ4v) is 9.87. The second kappa shape index (κ2) is 20.8. The largest absolute Gasteiger partial charge is 0.507 e. The lowest BCUT2D eigenvalue weighted by Crippen LogP contribution is -2.27. The van der Waals surface area contributed by atoms with Crippen LogP contribution >= 0.6 is 0 Å². The van der Waals surface area contributed by atoms with Gasteiger partial charge in [-0.25, -0.2) is 0 Å². The van der Waals surface area contributed by atoms with E-state index in [0.717, 1.165) is 108 Å². The maximum absolute atomic E-state index is 11.8. The minimum Gasteiger partial charge on any atom is -0.507 e. The predicted molar refractivity (Wildman–Crippen MR) is 287 cm³/mol. The molecule has 2 saturated carbocycles. The van der Waals surface area contributed by atoms with E-state index in [9.17, 15) is 20.4 Å². The molecule has 0 radical (unpaired) electrons. The minimum absolute atomic E-state index is 0.0399. The monoisotopic (exact) mass is 923 g/mol. The quantitative estimate of drug-likeness (QED) is 0.112. The number of aromatic hydroxyl groups is 4. The lowest BCUT2D eigenvalue weighted by molar-refractivity contribution is 0.390. The van der Waals surface area contributed by atoms with Crippen LogP contribution in [0.3, 0.4) is 0 Å². The highest BCUT2D eigenvalue weighted by Crippen LogP contribution is 2.39. The van der Waals surface area contributed by atoms with E-state index in [1.807, 2.05) is 37.0 Å². The summed E-state index contributed by atoms with van der Waals surface area (Å²) in [6, 6.07) is 16.3. The van der Waals surface area contributed by atoms with Crippen molar-refractivity contribution in [3.05, 3.63) is 115 Å². The van der Waals surface area contributed by atoms with Crippen molar-refractivity contribution in [1.82, 2.24) is 0 Å². The van der Waals surface area contributed by atoms with Crippen LogP contribution in [0.4, 0.5) is 0 Å². The molecule has 0 bridgehead atoms. The zero-order chi connectivity index (χ0) is 49.9. The topological polar surface area (TPSA) is 130 Å². The number of rotatable bonds is 11. The van der Waals surface area contributed by atoms with E-state index in [-0.39, 0.29) is 63.1 Å². The van der Waals surface area contributed by atoms with Crippen LogP contribution in [0.1, 0.15) is 208 Å². The normalized spacial score (nSPS) is 20.1. The lowest BCUT2D eigenvalue weighted by atomic mass is 9.82. The van der Waals surface area contributed by atoms with Crippen LogP contribution in [0.5, 0.6) is 23.0 Å². The Balaban J connectivity index is 1.30. The maximum atomic E-state index is 11.8. The van der Waals surface area contributed by atoms with Gasteiger partial charge in [-0.1, -0.05) is 140 Å². The molecule has 2 fully saturated rings. The third-order valence-corrected chi connectivity index (χ3v) is 13.9. The summed E-state index contributed by atoms with van der Waals surface area (Å²) in [7, 11) is 0. The van der Waals surface area contributed by atoms with Crippen LogP contribution in [0.25, 0.3) is 0 Å². The zero-order valence-electron chi connectivity index (χ0n) is 43.9. The second-order valence-corrected chi connectivity index (χ2v) is 24.0. The Morgan fingerprint density at radius 2 is 0.676 bits per heavy atom. The first-order valence-corrected chi connectivity index (χ1v) is 25.3. The SMILES string of the molecule is CCc1cc(C=N[C@@H]2CCCC[C@H]2N=Cc2cc(Cc3cc(C=N[C@@H]4CCCC[C@H]4N=Cc4cc(C)cc(C(C)(C)C)c4O)c(O)c(C(C)(C)C)c3)cc(C(C)(C)C)c2O)c(O)c(C(C)(C)C)c1. The molecule has 0 heterocycles. The van der Waals surface area contributed by atoms with Gasteiger partial charge in [0, 0.05) is 69.4 Å². The molecule has 0 spiro atoms. The Morgan fingerprint density at radius 1 is 0.412 bits per heavy atom. The molecule has 366 valence electrons. The Labute approximate surface area is 408 Å². The van der Waals surface area contributed by atoms with E-state index in [0.29, 0.717) is 23.3 Å². The Bertz CT molecular complexity index is 2550. The number of phenols is 4. The van der Waals surface area contributed by atoms with Crippen molar-refractivity contribution < 1.29 is 20.4 Å². The zero-order valence-corrected chi connectivity index (χ0v) is 43.9. The maximum Gasteiger partial charge on any atom is 0.128 e. The summed E-state index contributed by atoms with van der Waals surface area (Å²) in [6.07, 6.45) is 16.7. The minimum atomic E-state index is -0.337. The van der Waals surface area contributed by atoms with Gasteiger partial charge in [-0.3, -0.25) is 20.0 Å². The van der Waals surface area contributed by atoms with Crippen molar-refractivity contribution in [2.45, 2.75) is 207 Å². The van der Waals surface area contributed by atoms with Crippen molar-refractivity contribution in [3.63, 3.8) is 0 Å². The van der Waals surface area contributed by atoms with E-state index >= 15 is 0 Å². The van der Waals surface area contributed by atoms with E-state index in [1.165, 1.54) is 5.56 Å². The van der Waals surface area contributed by atoms with Crippen molar-refractivity contribution in [1.29, 1.82) is 0 Å². The number of hydrogen-bond acceptors (Lipinski definition) is 8. The fourth-order valence-electron chi connectivity index (χ4n) is 9.87. The second-order valence-electron chi connectivity index (χ2n) is 24.0. The predicted octanol–water partition coefficient (Wildman–Crippen LogP) is 13.9. The molecule has 4 atom stereocenters. The van der Waals surface area contributed by atoms with Gasteiger partial charge in [-0.05, 0) is 114 Å². The van der Waals surface area contributed by atoms with Crippen LogP contribution in [-0.2, 0) is 34.5 Å².